The Kier molecular flexibility index (Phi) is 21.7. The second kappa shape index (κ2) is 27.6. The number of hydrogen-bond donors (Lipinski definition) is 16. The molecule has 538 valence electrons. The monoisotopic (exact) mass is 1350 g/mol. The van der Waals surface area contributed by atoms with Gasteiger partial charge in [-0.15, -0.1) is 0 Å². The average Bonchev–Trinajstić information content (AvgIpc) is 0.673. The first-order chi connectivity index (χ1) is 44.0. The third-order valence-electron chi connectivity index (χ3n) is 24.4. The summed E-state index contributed by atoms with van der Waals surface area (Å²) in [5.74, 6) is -4.09. The van der Waals surface area contributed by atoms with Crippen LogP contribution in [0, 0.1) is 56.2 Å². The molecule has 30 heteroatoms. The number of rotatable bonds is 16. The number of aliphatic hydroxyl groups excluding tert-OH is 16. The maximum atomic E-state index is 16.2. The molecule has 5 saturated heterocycles. The molecule has 0 amide bonds. The quantitative estimate of drug-likeness (QED) is 0.0400. The molecule has 0 aromatic heterocycles. The number of esters is 3. The first-order valence-corrected chi connectivity index (χ1v) is 33.1. The number of allylic oxidation sites excluding steroid dienone is 2. The Morgan fingerprint density at radius 3 is 1.62 bits per heavy atom. The minimum Gasteiger partial charge on any atom is -0.465 e. The number of hydrogen-bond acceptors (Lipinski definition) is 30. The zero-order valence-electron chi connectivity index (χ0n) is 54.7. The van der Waals surface area contributed by atoms with Gasteiger partial charge in [-0.3, -0.25) is 14.4 Å². The van der Waals surface area contributed by atoms with Gasteiger partial charge in [0.1, 0.15) is 116 Å². The van der Waals surface area contributed by atoms with Gasteiger partial charge in [-0.2, -0.15) is 0 Å². The van der Waals surface area contributed by atoms with E-state index in [0.717, 1.165) is 12.5 Å². The van der Waals surface area contributed by atoms with Crippen LogP contribution in [0.5, 0.6) is 0 Å². The molecule has 0 aromatic carbocycles. The first-order valence-electron chi connectivity index (χ1n) is 33.1. The lowest BCUT2D eigenvalue weighted by molar-refractivity contribution is -0.396. The van der Waals surface area contributed by atoms with Crippen molar-refractivity contribution in [3.05, 3.63) is 11.6 Å². The topological polar surface area (TPSA) is 476 Å². The molecule has 4 saturated carbocycles. The SMILES string of the molecule is CC(=O)OC[C@H]1O[C@@H](OC(=O)[C@]23CCC(C)(C)C[C@@H]2C2=CC[C@@H]4[C@@]5(C)C[C@H](O)[C@H]([C@@H]6O[C@H](CO)[C@@H](O)[C@H](O)[C@H]6O)[C@@](C)(COC(C)=O)[C@@H]5CC[C@@]4(C)[C@]2(C)CC3)[C@H](O[C@@H]2O[C@@H](C)[C@H](O)[C@@H](O[C@@H]3O[C@H](CO)[C@@H](O)[C@H](O)[C@H]3O)[C@H]2O)[C@@H](O[C@@H]2O[C@H](CO)[C@@H](O)[C@H](O)[C@H]2O)[C@@H]1O. The van der Waals surface area contributed by atoms with Gasteiger partial charge in [0.05, 0.1) is 50.2 Å². The summed E-state index contributed by atoms with van der Waals surface area (Å²) in [7, 11) is 0. The molecule has 30 nitrogen and oxygen atoms in total. The Balaban J connectivity index is 1.01. The lowest BCUT2D eigenvalue weighted by Gasteiger charge is -2.72. The fourth-order valence-corrected chi connectivity index (χ4v) is 19.0. The Morgan fingerprint density at radius 1 is 0.521 bits per heavy atom. The van der Waals surface area contributed by atoms with Gasteiger partial charge in [-0.05, 0) is 104 Å². The van der Waals surface area contributed by atoms with Crippen LogP contribution in [0.25, 0.3) is 0 Å². The highest BCUT2D eigenvalue weighted by atomic mass is 16.8. The first kappa shape index (κ1) is 73.9. The summed E-state index contributed by atoms with van der Waals surface area (Å²) in [6, 6.07) is 0. The molecule has 10 rings (SSSR count). The molecule has 0 bridgehead atoms. The number of ether oxygens (including phenoxy) is 11. The molecular weight excluding hydrogens is 1250 g/mol. The molecule has 10 aliphatic rings. The molecule has 0 unspecified atom stereocenters. The van der Waals surface area contributed by atoms with Crippen molar-refractivity contribution in [2.45, 2.75) is 280 Å². The van der Waals surface area contributed by atoms with Gasteiger partial charge in [0.15, 0.2) is 25.0 Å². The highest BCUT2D eigenvalue weighted by molar-refractivity contribution is 5.79. The maximum absolute atomic E-state index is 16.2. The normalized spacial score (nSPS) is 52.5. The van der Waals surface area contributed by atoms with Crippen molar-refractivity contribution in [3.8, 4) is 0 Å². The van der Waals surface area contributed by atoms with Crippen molar-refractivity contribution in [2.75, 3.05) is 33.0 Å². The molecular formula is C64H102O30. The zero-order valence-corrected chi connectivity index (χ0v) is 54.7. The van der Waals surface area contributed by atoms with Crippen LogP contribution < -0.4 is 0 Å². The number of carbonyl (C=O) groups excluding carboxylic acids is 3. The second-order valence-electron chi connectivity index (χ2n) is 30.4. The zero-order chi connectivity index (χ0) is 69.0. The van der Waals surface area contributed by atoms with E-state index in [-0.39, 0.29) is 43.1 Å². The van der Waals surface area contributed by atoms with Crippen LogP contribution in [-0.4, -0.2) is 292 Å². The molecule has 16 N–H and O–H groups in total. The Hall–Kier alpha value is -2.81. The number of fused-ring (bicyclic) bond motifs is 7. The predicted molar refractivity (Wildman–Crippen MR) is 315 cm³/mol. The minimum absolute atomic E-state index is 0.149. The summed E-state index contributed by atoms with van der Waals surface area (Å²) in [5, 5.41) is 178. The number of aliphatic hydroxyl groups is 16. The van der Waals surface area contributed by atoms with Gasteiger partial charge < -0.3 is 134 Å². The maximum Gasteiger partial charge on any atom is 0.315 e. The fraction of sp³-hybridized carbons (Fsp3) is 0.922. The Bertz CT molecular complexity index is 2700. The molecule has 5 aliphatic heterocycles. The third kappa shape index (κ3) is 12.6. The van der Waals surface area contributed by atoms with Crippen molar-refractivity contribution < 1.29 is 148 Å². The van der Waals surface area contributed by atoms with E-state index < -0.39 is 243 Å². The second-order valence-corrected chi connectivity index (χ2v) is 30.4. The molecule has 94 heavy (non-hydrogen) atoms. The van der Waals surface area contributed by atoms with E-state index in [9.17, 15) is 91.3 Å². The van der Waals surface area contributed by atoms with E-state index in [1.54, 1.807) is 0 Å². The van der Waals surface area contributed by atoms with Gasteiger partial charge in [-0.25, -0.2) is 0 Å². The Labute approximate surface area is 544 Å². The molecule has 0 spiro atoms. The van der Waals surface area contributed by atoms with E-state index in [1.807, 2.05) is 6.92 Å². The van der Waals surface area contributed by atoms with Crippen molar-refractivity contribution in [2.24, 2.45) is 56.2 Å². The standard InChI is InChI=1S/C64H102O30/c1-25-38(71)51(91-54-47(80)44(77)40(73)32(21-66)88-54)49(82)56(86-25)93-53-52(92-55-48(81)45(78)41(74)33(22-67)89-55)42(75)34(23-84-26(2)68)90-57(53)94-58(83)64-16-14-59(4,5)18-29(64)28-10-11-36-60(6)19-30(70)37(50-46(79)43(76)39(72)31(20-65)87-50)61(7,24-85-27(3)69)35(60)12-13-63(36,9)62(28,8)15-17-64/h10,25,29-57,65-67,70-82H,11-24H2,1-9H3/t25-,29+,30-,31+,32+,33+,34+,35+,36+,37+,38-,39+,40+,41+,42+,43-,44-,45-,46+,47+,48+,49+,50-,51+,52-,53+,54-,55-,56-,57-,60-,61-,62+,63+,64-/m0/s1. The average molecular weight is 1350 g/mol. The minimum atomic E-state index is -2.14. The van der Waals surface area contributed by atoms with E-state index in [0.29, 0.717) is 38.5 Å². The molecule has 5 aliphatic carbocycles. The Morgan fingerprint density at radius 2 is 1.04 bits per heavy atom. The molecule has 0 radical (unpaired) electrons. The summed E-state index contributed by atoms with van der Waals surface area (Å²) in [4.78, 5) is 41.3. The van der Waals surface area contributed by atoms with Crippen molar-refractivity contribution in [3.63, 3.8) is 0 Å². The third-order valence-corrected chi connectivity index (χ3v) is 24.4. The number of carbonyl (C=O) groups is 3. The van der Waals surface area contributed by atoms with Crippen LogP contribution in [0.3, 0.4) is 0 Å². The predicted octanol–water partition coefficient (Wildman–Crippen LogP) is -3.83. The fourth-order valence-electron chi connectivity index (χ4n) is 19.0. The van der Waals surface area contributed by atoms with Crippen LogP contribution >= 0.6 is 0 Å². The lowest BCUT2D eigenvalue weighted by atomic mass is 9.32. The smallest absolute Gasteiger partial charge is 0.315 e. The van der Waals surface area contributed by atoms with Crippen LogP contribution in [0.2, 0.25) is 0 Å². The van der Waals surface area contributed by atoms with E-state index in [1.165, 1.54) is 13.8 Å². The van der Waals surface area contributed by atoms with Crippen LogP contribution in [-0.2, 0) is 66.5 Å². The van der Waals surface area contributed by atoms with Crippen LogP contribution in [0.4, 0.5) is 0 Å². The highest BCUT2D eigenvalue weighted by Crippen LogP contribution is 2.77. The molecule has 0 aromatic rings. The van der Waals surface area contributed by atoms with Gasteiger partial charge in [-0.1, -0.05) is 53.2 Å². The molecule has 35 atom stereocenters. The summed E-state index contributed by atoms with van der Waals surface area (Å²) in [6.07, 6.45) is -40.3. The van der Waals surface area contributed by atoms with Gasteiger partial charge >= 0.3 is 17.9 Å². The summed E-state index contributed by atoms with van der Waals surface area (Å²) in [6.45, 7) is 13.1. The van der Waals surface area contributed by atoms with E-state index >= 15 is 4.79 Å². The van der Waals surface area contributed by atoms with Crippen molar-refractivity contribution in [1.82, 2.24) is 0 Å². The van der Waals surface area contributed by atoms with Gasteiger partial charge in [0, 0.05) is 25.2 Å². The summed E-state index contributed by atoms with van der Waals surface area (Å²) < 4.78 is 66.5. The van der Waals surface area contributed by atoms with Gasteiger partial charge in [0.25, 0.3) is 0 Å². The van der Waals surface area contributed by atoms with Crippen molar-refractivity contribution >= 4 is 17.9 Å². The van der Waals surface area contributed by atoms with E-state index in [4.69, 9.17) is 52.1 Å². The molecule has 5 heterocycles. The highest BCUT2D eigenvalue weighted by Gasteiger charge is 2.73. The lowest BCUT2D eigenvalue weighted by Crippen LogP contribution is -2.71. The van der Waals surface area contributed by atoms with Crippen LogP contribution in [0.1, 0.15) is 120 Å². The van der Waals surface area contributed by atoms with Gasteiger partial charge in [0.2, 0.25) is 6.29 Å². The largest absolute Gasteiger partial charge is 0.465 e. The van der Waals surface area contributed by atoms with E-state index in [2.05, 4.69) is 40.7 Å². The van der Waals surface area contributed by atoms with Crippen LogP contribution in [0.15, 0.2) is 11.6 Å². The summed E-state index contributed by atoms with van der Waals surface area (Å²) in [5.41, 5.74) is -3.60. The molecule has 9 fully saturated rings. The van der Waals surface area contributed by atoms with Crippen molar-refractivity contribution in [1.29, 1.82) is 0 Å². The summed E-state index contributed by atoms with van der Waals surface area (Å²) >= 11 is 0.